The lowest BCUT2D eigenvalue weighted by molar-refractivity contribution is 0.101. The molecule has 0 heterocycles. The van der Waals surface area contributed by atoms with Gasteiger partial charge >= 0.3 is 0 Å². The van der Waals surface area contributed by atoms with Crippen molar-refractivity contribution >= 4 is 29.0 Å². The van der Waals surface area contributed by atoms with Crippen LogP contribution in [0.5, 0.6) is 0 Å². The first-order valence-corrected chi connectivity index (χ1v) is 3.93. The number of rotatable bonds is 1. The molecule has 0 N–H and O–H groups in total. The van der Waals surface area contributed by atoms with Crippen molar-refractivity contribution in [3.63, 3.8) is 0 Å². The Balaban J connectivity index is 3.31. The summed E-state index contributed by atoms with van der Waals surface area (Å²) in [6.07, 6.45) is 0. The minimum Gasteiger partial charge on any atom is -0.295 e. The highest BCUT2D eigenvalue weighted by Crippen LogP contribution is 2.24. The molecule has 4 heteroatoms. The van der Waals surface area contributed by atoms with E-state index in [1.54, 1.807) is 0 Å². The van der Waals surface area contributed by atoms with Crippen LogP contribution in [0.25, 0.3) is 0 Å². The van der Waals surface area contributed by atoms with Gasteiger partial charge in [0.1, 0.15) is 0 Å². The summed E-state index contributed by atoms with van der Waals surface area (Å²) in [4.78, 5) is 10.8. The van der Waals surface area contributed by atoms with Crippen molar-refractivity contribution in [2.45, 2.75) is 6.92 Å². The Labute approximate surface area is 79.1 Å². The third-order valence-electron chi connectivity index (χ3n) is 1.39. The summed E-state index contributed by atoms with van der Waals surface area (Å²) < 4.78 is 12.8. The van der Waals surface area contributed by atoms with Crippen molar-refractivity contribution in [2.75, 3.05) is 0 Å². The molecule has 1 aromatic rings. The number of halogens is 3. The number of carbonyl (C=O) groups excluding carboxylic acids is 1. The van der Waals surface area contributed by atoms with Crippen molar-refractivity contribution in [3.8, 4) is 0 Å². The molecule has 0 amide bonds. The fraction of sp³-hybridized carbons (Fsp3) is 0.125. The van der Waals surface area contributed by atoms with Crippen LogP contribution in [0, 0.1) is 5.82 Å². The molecule has 1 aromatic carbocycles. The SMILES string of the molecule is CC(=O)c1cc(Cl)c(F)c(Cl)c1. The first kappa shape index (κ1) is 9.49. The molecule has 0 aliphatic rings. The fourth-order valence-corrected chi connectivity index (χ4v) is 1.25. The second kappa shape index (κ2) is 3.42. The van der Waals surface area contributed by atoms with E-state index in [1.165, 1.54) is 19.1 Å². The van der Waals surface area contributed by atoms with E-state index in [0.717, 1.165) is 0 Å². The predicted molar refractivity (Wildman–Crippen MR) is 46.4 cm³/mol. The van der Waals surface area contributed by atoms with Gasteiger partial charge in [-0.15, -0.1) is 0 Å². The Bertz CT molecular complexity index is 313. The molecule has 12 heavy (non-hydrogen) atoms. The van der Waals surface area contributed by atoms with Crippen LogP contribution < -0.4 is 0 Å². The standard InChI is InChI=1S/C8H5Cl2FO/c1-4(12)5-2-6(9)8(11)7(10)3-5/h2-3H,1H3. The van der Waals surface area contributed by atoms with Crippen molar-refractivity contribution in [1.29, 1.82) is 0 Å². The summed E-state index contributed by atoms with van der Waals surface area (Å²) in [5.41, 5.74) is 0.311. The van der Waals surface area contributed by atoms with E-state index >= 15 is 0 Å². The molecule has 1 nitrogen and oxygen atoms in total. The Morgan fingerprint density at radius 3 is 2.08 bits per heavy atom. The van der Waals surface area contributed by atoms with Crippen LogP contribution in [0.15, 0.2) is 12.1 Å². The average molecular weight is 207 g/mol. The van der Waals surface area contributed by atoms with Crippen LogP contribution in [0.2, 0.25) is 10.0 Å². The number of hydrogen-bond acceptors (Lipinski definition) is 1. The van der Waals surface area contributed by atoms with Crippen LogP contribution in [-0.4, -0.2) is 5.78 Å². The highest BCUT2D eigenvalue weighted by Gasteiger charge is 2.09. The van der Waals surface area contributed by atoms with Gasteiger partial charge in [-0.25, -0.2) is 4.39 Å². The Kier molecular flexibility index (Phi) is 2.70. The molecule has 0 atom stereocenters. The minimum absolute atomic E-state index is 0.132. The zero-order valence-electron chi connectivity index (χ0n) is 6.20. The lowest BCUT2D eigenvalue weighted by Gasteiger charge is -2.00. The summed E-state index contributed by atoms with van der Waals surface area (Å²) in [6.45, 7) is 1.36. The van der Waals surface area contributed by atoms with Gasteiger partial charge in [0.2, 0.25) is 0 Å². The summed E-state index contributed by atoms with van der Waals surface area (Å²) in [5, 5.41) is -0.264. The lowest BCUT2D eigenvalue weighted by Crippen LogP contribution is -1.93. The first-order chi connectivity index (χ1) is 5.52. The minimum atomic E-state index is -0.691. The molecule has 1 rings (SSSR count). The average Bonchev–Trinajstić information content (AvgIpc) is 1.99. The Hall–Kier alpha value is -0.600. The number of ketones is 1. The predicted octanol–water partition coefficient (Wildman–Crippen LogP) is 3.34. The molecule has 0 spiro atoms. The van der Waals surface area contributed by atoms with Crippen LogP contribution in [0.1, 0.15) is 17.3 Å². The Morgan fingerprint density at radius 2 is 1.75 bits per heavy atom. The monoisotopic (exact) mass is 206 g/mol. The van der Waals surface area contributed by atoms with Crippen LogP contribution in [0.4, 0.5) is 4.39 Å². The number of Topliss-reactive ketones (excluding diaryl/α,β-unsaturated/α-hetero) is 1. The van der Waals surface area contributed by atoms with E-state index in [4.69, 9.17) is 23.2 Å². The van der Waals surface area contributed by atoms with Gasteiger partial charge < -0.3 is 0 Å². The molecule has 0 bridgehead atoms. The maximum atomic E-state index is 12.8. The topological polar surface area (TPSA) is 17.1 Å². The number of hydrogen-bond donors (Lipinski definition) is 0. The van der Waals surface area contributed by atoms with Gasteiger partial charge in [-0.2, -0.15) is 0 Å². The van der Waals surface area contributed by atoms with E-state index < -0.39 is 5.82 Å². The molecule has 0 radical (unpaired) electrons. The molecule has 0 aromatic heterocycles. The third-order valence-corrected chi connectivity index (χ3v) is 1.94. The smallest absolute Gasteiger partial charge is 0.160 e. The quantitative estimate of drug-likeness (QED) is 0.509. The van der Waals surface area contributed by atoms with Gasteiger partial charge in [-0.3, -0.25) is 4.79 Å². The van der Waals surface area contributed by atoms with Gasteiger partial charge in [0.25, 0.3) is 0 Å². The van der Waals surface area contributed by atoms with Gasteiger partial charge in [0.05, 0.1) is 10.0 Å². The number of carbonyl (C=O) groups is 1. The molecule has 0 aliphatic heterocycles. The Morgan fingerprint density at radius 1 is 1.33 bits per heavy atom. The summed E-state index contributed by atoms with van der Waals surface area (Å²) in [5.74, 6) is -0.887. The van der Waals surface area contributed by atoms with Crippen LogP contribution in [-0.2, 0) is 0 Å². The molecule has 0 saturated carbocycles. The zero-order chi connectivity index (χ0) is 9.30. The maximum absolute atomic E-state index is 12.8. The molecule has 0 unspecified atom stereocenters. The second-order valence-electron chi connectivity index (χ2n) is 2.31. The van der Waals surface area contributed by atoms with E-state index in [0.29, 0.717) is 5.56 Å². The molecule has 0 fully saturated rings. The molecule has 0 saturated heterocycles. The molecular weight excluding hydrogens is 202 g/mol. The molecule has 0 aliphatic carbocycles. The van der Waals surface area contributed by atoms with E-state index in [2.05, 4.69) is 0 Å². The van der Waals surface area contributed by atoms with Crippen molar-refractivity contribution in [1.82, 2.24) is 0 Å². The van der Waals surface area contributed by atoms with Crippen molar-refractivity contribution in [2.24, 2.45) is 0 Å². The fourth-order valence-electron chi connectivity index (χ4n) is 0.759. The van der Waals surface area contributed by atoms with E-state index in [1.807, 2.05) is 0 Å². The van der Waals surface area contributed by atoms with E-state index in [9.17, 15) is 9.18 Å². The third kappa shape index (κ3) is 1.76. The van der Waals surface area contributed by atoms with Gasteiger partial charge in [0.15, 0.2) is 11.6 Å². The summed E-state index contributed by atoms with van der Waals surface area (Å²) >= 11 is 10.9. The highest BCUT2D eigenvalue weighted by atomic mass is 35.5. The van der Waals surface area contributed by atoms with E-state index in [-0.39, 0.29) is 15.8 Å². The zero-order valence-corrected chi connectivity index (χ0v) is 7.71. The normalized spacial score (nSPS) is 10.0. The van der Waals surface area contributed by atoms with Gasteiger partial charge in [-0.05, 0) is 19.1 Å². The second-order valence-corrected chi connectivity index (χ2v) is 3.12. The highest BCUT2D eigenvalue weighted by molar-refractivity contribution is 6.35. The summed E-state index contributed by atoms with van der Waals surface area (Å²) in [6, 6.07) is 2.51. The lowest BCUT2D eigenvalue weighted by atomic mass is 10.1. The van der Waals surface area contributed by atoms with Gasteiger partial charge in [0, 0.05) is 5.56 Å². The largest absolute Gasteiger partial charge is 0.295 e. The first-order valence-electron chi connectivity index (χ1n) is 3.18. The summed E-state index contributed by atoms with van der Waals surface area (Å²) in [7, 11) is 0. The molecular formula is C8H5Cl2FO. The maximum Gasteiger partial charge on any atom is 0.160 e. The van der Waals surface area contributed by atoms with Crippen LogP contribution >= 0.6 is 23.2 Å². The molecule has 64 valence electrons. The van der Waals surface area contributed by atoms with Gasteiger partial charge in [-0.1, -0.05) is 23.2 Å². The van der Waals surface area contributed by atoms with Crippen LogP contribution in [0.3, 0.4) is 0 Å². The van der Waals surface area contributed by atoms with Crippen molar-refractivity contribution in [3.05, 3.63) is 33.6 Å². The van der Waals surface area contributed by atoms with Crippen molar-refractivity contribution < 1.29 is 9.18 Å². The number of benzene rings is 1.